The fraction of sp³-hybridized carbons (Fsp3) is 0.0714. The largest absolute Gasteiger partial charge is 0.343 e. The third kappa shape index (κ3) is 4.15. The molecule has 126 valence electrons. The molecule has 10 heteroatoms. The Morgan fingerprint density at radius 1 is 1.12 bits per heavy atom. The van der Waals surface area contributed by atoms with Gasteiger partial charge in [-0.3, -0.25) is 9.59 Å². The predicted molar refractivity (Wildman–Crippen MR) is 81.5 cm³/mol. The number of benzene rings is 1. The van der Waals surface area contributed by atoms with Crippen LogP contribution < -0.4 is 10.6 Å². The molecule has 24 heavy (non-hydrogen) atoms. The molecular weight excluding hydrogens is 370 g/mol. The van der Waals surface area contributed by atoms with Crippen LogP contribution in [-0.2, 0) is 4.79 Å². The van der Waals surface area contributed by atoms with E-state index >= 15 is 0 Å². The molecule has 0 radical (unpaired) electrons. The van der Waals surface area contributed by atoms with Crippen LogP contribution in [0.5, 0.6) is 0 Å². The maximum Gasteiger partial charge on any atom is 0.253 e. The molecule has 2 rings (SSSR count). The van der Waals surface area contributed by atoms with Gasteiger partial charge in [0, 0.05) is 6.20 Å². The van der Waals surface area contributed by atoms with E-state index in [-0.39, 0.29) is 15.7 Å². The molecule has 2 N–H and O–H groups in total. The minimum Gasteiger partial charge on any atom is -0.343 e. The van der Waals surface area contributed by atoms with Crippen molar-refractivity contribution in [3.8, 4) is 0 Å². The van der Waals surface area contributed by atoms with Crippen molar-refractivity contribution in [3.63, 3.8) is 0 Å². The summed E-state index contributed by atoms with van der Waals surface area (Å²) in [5.74, 6) is -6.16. The van der Waals surface area contributed by atoms with Gasteiger partial charge in [0.25, 0.3) is 5.91 Å². The Morgan fingerprint density at radius 2 is 1.83 bits per heavy atom. The molecule has 0 aliphatic heterocycles. The van der Waals surface area contributed by atoms with Crippen molar-refractivity contribution in [2.75, 3.05) is 11.9 Å². The molecule has 0 aliphatic carbocycles. The van der Waals surface area contributed by atoms with Crippen LogP contribution in [0, 0.1) is 17.5 Å². The van der Waals surface area contributed by atoms with E-state index in [0.29, 0.717) is 6.07 Å². The first-order valence-electron chi connectivity index (χ1n) is 6.32. The Balaban J connectivity index is 1.97. The van der Waals surface area contributed by atoms with Crippen LogP contribution in [0.4, 0.5) is 18.9 Å². The summed E-state index contributed by atoms with van der Waals surface area (Å²) in [5, 5.41) is 4.30. The summed E-state index contributed by atoms with van der Waals surface area (Å²) in [4.78, 5) is 27.1. The first-order chi connectivity index (χ1) is 11.3. The average Bonchev–Trinajstić information content (AvgIpc) is 2.55. The topological polar surface area (TPSA) is 71.1 Å². The zero-order valence-corrected chi connectivity index (χ0v) is 13.2. The summed E-state index contributed by atoms with van der Waals surface area (Å²) < 4.78 is 39.3. The minimum absolute atomic E-state index is 0.0137. The fourth-order valence-corrected chi connectivity index (χ4v) is 1.89. The zero-order chi connectivity index (χ0) is 17.9. The third-order valence-corrected chi connectivity index (χ3v) is 3.46. The highest BCUT2D eigenvalue weighted by atomic mass is 35.5. The highest BCUT2D eigenvalue weighted by Gasteiger charge is 2.16. The first kappa shape index (κ1) is 18.0. The summed E-state index contributed by atoms with van der Waals surface area (Å²) in [6.07, 6.45) is 1.15. The molecule has 0 saturated heterocycles. The van der Waals surface area contributed by atoms with Crippen LogP contribution in [0.25, 0.3) is 0 Å². The monoisotopic (exact) mass is 377 g/mol. The number of carbonyl (C=O) groups excluding carboxylic acids is 2. The van der Waals surface area contributed by atoms with Gasteiger partial charge in [0.15, 0.2) is 17.5 Å². The lowest BCUT2D eigenvalue weighted by Crippen LogP contribution is -2.33. The summed E-state index contributed by atoms with van der Waals surface area (Å²) in [6, 6.07) is 2.77. The summed E-state index contributed by atoms with van der Waals surface area (Å²) in [7, 11) is 0. The van der Waals surface area contributed by atoms with Gasteiger partial charge >= 0.3 is 0 Å². The molecule has 0 atom stereocenters. The number of nitrogens with one attached hydrogen (secondary N) is 2. The number of carbonyl (C=O) groups is 2. The third-order valence-electron chi connectivity index (χ3n) is 2.78. The van der Waals surface area contributed by atoms with Crippen LogP contribution in [0.1, 0.15) is 10.4 Å². The molecule has 0 saturated carbocycles. The van der Waals surface area contributed by atoms with Gasteiger partial charge in [-0.2, -0.15) is 0 Å². The second kappa shape index (κ2) is 7.50. The smallest absolute Gasteiger partial charge is 0.253 e. The number of pyridine rings is 1. The molecule has 0 aliphatic rings. The van der Waals surface area contributed by atoms with Crippen molar-refractivity contribution in [1.82, 2.24) is 10.3 Å². The number of hydrogen-bond donors (Lipinski definition) is 2. The molecule has 1 heterocycles. The van der Waals surface area contributed by atoms with E-state index in [1.165, 1.54) is 6.07 Å². The van der Waals surface area contributed by atoms with Gasteiger partial charge in [0.2, 0.25) is 5.91 Å². The highest BCUT2D eigenvalue weighted by Crippen LogP contribution is 2.20. The molecule has 5 nitrogen and oxygen atoms in total. The van der Waals surface area contributed by atoms with E-state index in [1.54, 1.807) is 0 Å². The fourth-order valence-electron chi connectivity index (χ4n) is 1.62. The number of nitrogens with zero attached hydrogens (tertiary/aromatic N) is 1. The van der Waals surface area contributed by atoms with Gasteiger partial charge in [0.05, 0.1) is 22.8 Å². The Labute approximate surface area is 143 Å². The Morgan fingerprint density at radius 3 is 2.50 bits per heavy atom. The van der Waals surface area contributed by atoms with Crippen LogP contribution in [0.15, 0.2) is 24.4 Å². The number of anilines is 1. The van der Waals surface area contributed by atoms with Gasteiger partial charge in [-0.15, -0.1) is 0 Å². The molecule has 1 aromatic carbocycles. The maximum atomic E-state index is 13.4. The van der Waals surface area contributed by atoms with Crippen LogP contribution >= 0.6 is 23.2 Å². The van der Waals surface area contributed by atoms with Crippen molar-refractivity contribution in [1.29, 1.82) is 0 Å². The van der Waals surface area contributed by atoms with E-state index in [4.69, 9.17) is 23.2 Å². The standard InChI is InChI=1S/C14H8Cl2F3N3O2/c15-7-3-6(4-20-13(7)16)14(24)21-5-10(23)22-9-2-1-8(17)11(18)12(9)19/h1-4H,5H2,(H,21,24)(H,22,23). The Bertz CT molecular complexity index is 818. The van der Waals surface area contributed by atoms with Gasteiger partial charge in [-0.05, 0) is 18.2 Å². The Kier molecular flexibility index (Phi) is 5.63. The molecule has 0 fully saturated rings. The highest BCUT2D eigenvalue weighted by molar-refractivity contribution is 6.41. The second-order valence-electron chi connectivity index (χ2n) is 4.45. The maximum absolute atomic E-state index is 13.4. The number of hydrogen-bond acceptors (Lipinski definition) is 3. The summed E-state index contributed by atoms with van der Waals surface area (Å²) in [6.45, 7) is -0.544. The predicted octanol–water partition coefficient (Wildman–Crippen LogP) is 3.17. The molecule has 0 unspecified atom stereocenters. The van der Waals surface area contributed by atoms with Crippen LogP contribution in [-0.4, -0.2) is 23.3 Å². The van der Waals surface area contributed by atoms with E-state index < -0.39 is 41.5 Å². The zero-order valence-electron chi connectivity index (χ0n) is 11.7. The van der Waals surface area contributed by atoms with Crippen molar-refractivity contribution in [2.24, 2.45) is 0 Å². The van der Waals surface area contributed by atoms with E-state index in [0.717, 1.165) is 12.3 Å². The molecule has 1 aromatic heterocycles. The van der Waals surface area contributed by atoms with Gasteiger partial charge in [-0.1, -0.05) is 23.2 Å². The van der Waals surface area contributed by atoms with Crippen molar-refractivity contribution in [2.45, 2.75) is 0 Å². The van der Waals surface area contributed by atoms with Gasteiger partial charge < -0.3 is 10.6 Å². The van der Waals surface area contributed by atoms with Gasteiger partial charge in [0.1, 0.15) is 5.15 Å². The van der Waals surface area contributed by atoms with Crippen LogP contribution in [0.2, 0.25) is 10.2 Å². The lowest BCUT2D eigenvalue weighted by atomic mass is 10.2. The van der Waals surface area contributed by atoms with E-state index in [1.807, 2.05) is 5.32 Å². The minimum atomic E-state index is -1.71. The number of halogens is 5. The number of aromatic nitrogens is 1. The lowest BCUT2D eigenvalue weighted by Gasteiger charge is -2.08. The SMILES string of the molecule is O=C(CNC(=O)c1cnc(Cl)c(Cl)c1)Nc1ccc(F)c(F)c1F. The normalized spacial score (nSPS) is 10.4. The number of amides is 2. The van der Waals surface area contributed by atoms with Crippen LogP contribution in [0.3, 0.4) is 0 Å². The van der Waals surface area contributed by atoms with Gasteiger partial charge in [-0.25, -0.2) is 18.2 Å². The van der Waals surface area contributed by atoms with E-state index in [2.05, 4.69) is 10.3 Å². The van der Waals surface area contributed by atoms with E-state index in [9.17, 15) is 22.8 Å². The average molecular weight is 378 g/mol. The lowest BCUT2D eigenvalue weighted by molar-refractivity contribution is -0.115. The number of rotatable bonds is 4. The Hall–Kier alpha value is -2.32. The summed E-state index contributed by atoms with van der Waals surface area (Å²) in [5.41, 5.74) is -0.499. The summed E-state index contributed by atoms with van der Waals surface area (Å²) >= 11 is 11.3. The second-order valence-corrected chi connectivity index (χ2v) is 5.22. The molecule has 0 spiro atoms. The van der Waals surface area contributed by atoms with Crippen molar-refractivity contribution in [3.05, 3.63) is 57.6 Å². The van der Waals surface area contributed by atoms with Crippen molar-refractivity contribution >= 4 is 40.7 Å². The van der Waals surface area contributed by atoms with Crippen molar-refractivity contribution < 1.29 is 22.8 Å². The molecular formula is C14H8Cl2F3N3O2. The molecule has 2 aromatic rings. The first-order valence-corrected chi connectivity index (χ1v) is 7.07. The quantitative estimate of drug-likeness (QED) is 0.634. The molecule has 0 bridgehead atoms. The molecule has 2 amide bonds.